The molecule has 1 unspecified atom stereocenters. The second-order valence-electron chi connectivity index (χ2n) is 5.66. The molecule has 1 N–H and O–H groups in total. The Labute approximate surface area is 111 Å². The van der Waals surface area contributed by atoms with Gasteiger partial charge in [0.15, 0.2) is 0 Å². The van der Waals surface area contributed by atoms with E-state index in [4.69, 9.17) is 0 Å². The summed E-state index contributed by atoms with van der Waals surface area (Å²) in [6, 6.07) is 8.68. The zero-order valence-corrected chi connectivity index (χ0v) is 11.6. The second kappa shape index (κ2) is 6.94. The Kier molecular flexibility index (Phi) is 5.25. The van der Waals surface area contributed by atoms with Crippen LogP contribution in [-0.2, 0) is 0 Å². The average Bonchev–Trinajstić information content (AvgIpc) is 2.33. The Bertz CT molecular complexity index is 337. The van der Waals surface area contributed by atoms with Gasteiger partial charge in [0, 0.05) is 0 Å². The van der Waals surface area contributed by atoms with E-state index in [0.717, 1.165) is 24.3 Å². The molecule has 0 amide bonds. The van der Waals surface area contributed by atoms with Crippen molar-refractivity contribution in [1.29, 1.82) is 0 Å². The Morgan fingerprint density at radius 3 is 2.39 bits per heavy atom. The Morgan fingerprint density at radius 1 is 1.11 bits per heavy atom. The zero-order valence-electron chi connectivity index (χ0n) is 11.6. The fourth-order valence-corrected chi connectivity index (χ4v) is 2.66. The molecular weight excluding hydrogens is 220 g/mol. The van der Waals surface area contributed by atoms with Crippen LogP contribution in [0.3, 0.4) is 0 Å². The third-order valence-electron chi connectivity index (χ3n) is 4.23. The maximum atomic E-state index is 10.1. The molecule has 1 nitrogen and oxygen atoms in total. The van der Waals surface area contributed by atoms with E-state index in [1.165, 1.54) is 44.1 Å². The molecule has 1 saturated carbocycles. The van der Waals surface area contributed by atoms with Crippen molar-refractivity contribution in [2.24, 2.45) is 0 Å². The van der Waals surface area contributed by atoms with E-state index in [0.29, 0.717) is 0 Å². The van der Waals surface area contributed by atoms with E-state index < -0.39 is 0 Å². The highest BCUT2D eigenvalue weighted by Gasteiger charge is 2.19. The summed E-state index contributed by atoms with van der Waals surface area (Å²) in [6.07, 6.45) is 9.64. The summed E-state index contributed by atoms with van der Waals surface area (Å²) >= 11 is 0. The maximum absolute atomic E-state index is 10.1. The minimum atomic E-state index is -0.266. The van der Waals surface area contributed by atoms with Crippen LogP contribution in [0.2, 0.25) is 0 Å². The van der Waals surface area contributed by atoms with Gasteiger partial charge >= 0.3 is 0 Å². The molecule has 1 aliphatic carbocycles. The summed E-state index contributed by atoms with van der Waals surface area (Å²) in [5.74, 6) is 0.792. The molecule has 0 aromatic heterocycles. The lowest BCUT2D eigenvalue weighted by Crippen LogP contribution is -2.08. The van der Waals surface area contributed by atoms with Gasteiger partial charge in [-0.25, -0.2) is 0 Å². The number of rotatable bonds is 7. The largest absolute Gasteiger partial charge is 0.388 e. The summed E-state index contributed by atoms with van der Waals surface area (Å²) in [5.41, 5.74) is 2.55. The highest BCUT2D eigenvalue weighted by atomic mass is 16.3. The van der Waals surface area contributed by atoms with Crippen LogP contribution in [-0.4, -0.2) is 5.11 Å². The molecule has 0 spiro atoms. The van der Waals surface area contributed by atoms with Crippen LogP contribution in [0, 0.1) is 0 Å². The van der Waals surface area contributed by atoms with Crippen LogP contribution in [0.5, 0.6) is 0 Å². The monoisotopic (exact) mass is 246 g/mol. The smallest absolute Gasteiger partial charge is 0.0790 e. The molecule has 0 aliphatic heterocycles. The first-order chi connectivity index (χ1) is 8.81. The molecule has 0 bridgehead atoms. The maximum Gasteiger partial charge on any atom is 0.0790 e. The van der Waals surface area contributed by atoms with Crippen molar-refractivity contribution in [3.05, 3.63) is 35.4 Å². The lowest BCUT2D eigenvalue weighted by atomic mass is 9.80. The van der Waals surface area contributed by atoms with Gasteiger partial charge in [-0.2, -0.15) is 0 Å². The number of aliphatic hydroxyl groups excluding tert-OH is 1. The Morgan fingerprint density at radius 2 is 1.83 bits per heavy atom. The highest BCUT2D eigenvalue weighted by molar-refractivity contribution is 5.27. The van der Waals surface area contributed by atoms with Gasteiger partial charge in [-0.1, -0.05) is 63.3 Å². The summed E-state index contributed by atoms with van der Waals surface area (Å²) in [7, 11) is 0. The van der Waals surface area contributed by atoms with Crippen molar-refractivity contribution >= 4 is 0 Å². The van der Waals surface area contributed by atoms with Crippen LogP contribution < -0.4 is 0 Å². The van der Waals surface area contributed by atoms with E-state index in [2.05, 4.69) is 31.2 Å². The molecule has 0 heterocycles. The van der Waals surface area contributed by atoms with Crippen LogP contribution in [0.4, 0.5) is 0 Å². The predicted molar refractivity (Wildman–Crippen MR) is 76.8 cm³/mol. The van der Waals surface area contributed by atoms with Gasteiger partial charge in [0.2, 0.25) is 0 Å². The second-order valence-corrected chi connectivity index (χ2v) is 5.66. The fraction of sp³-hybridized carbons (Fsp3) is 0.647. The van der Waals surface area contributed by atoms with Gasteiger partial charge < -0.3 is 5.11 Å². The van der Waals surface area contributed by atoms with E-state index in [-0.39, 0.29) is 6.10 Å². The van der Waals surface area contributed by atoms with Crippen molar-refractivity contribution in [2.45, 2.75) is 70.3 Å². The number of unbranched alkanes of at least 4 members (excludes halogenated alkanes) is 3. The topological polar surface area (TPSA) is 20.2 Å². The van der Waals surface area contributed by atoms with Crippen LogP contribution >= 0.6 is 0 Å². The number of hydrogen-bond donors (Lipinski definition) is 1. The van der Waals surface area contributed by atoms with E-state index >= 15 is 0 Å². The Balaban J connectivity index is 1.80. The number of hydrogen-bond acceptors (Lipinski definition) is 1. The molecule has 1 aromatic carbocycles. The number of aliphatic hydroxyl groups is 1. The molecule has 1 fully saturated rings. The molecule has 0 saturated heterocycles. The Hall–Kier alpha value is -0.820. The molecule has 2 rings (SSSR count). The first-order valence-electron chi connectivity index (χ1n) is 7.59. The third kappa shape index (κ3) is 3.58. The summed E-state index contributed by atoms with van der Waals surface area (Å²) < 4.78 is 0. The van der Waals surface area contributed by atoms with E-state index in [1.807, 2.05) is 0 Å². The quantitative estimate of drug-likeness (QED) is 0.674. The normalized spacial score (nSPS) is 17.4. The van der Waals surface area contributed by atoms with Crippen molar-refractivity contribution < 1.29 is 5.11 Å². The SMILES string of the molecule is CCCCCCC(O)c1ccc(C2CCC2)cc1. The molecule has 1 aliphatic rings. The van der Waals surface area contributed by atoms with Gasteiger partial charge in [-0.15, -0.1) is 0 Å². The first-order valence-corrected chi connectivity index (χ1v) is 7.59. The first kappa shape index (κ1) is 13.6. The minimum Gasteiger partial charge on any atom is -0.388 e. The average molecular weight is 246 g/mol. The third-order valence-corrected chi connectivity index (χ3v) is 4.23. The molecule has 100 valence electrons. The zero-order chi connectivity index (χ0) is 12.8. The lowest BCUT2D eigenvalue weighted by molar-refractivity contribution is 0.163. The van der Waals surface area contributed by atoms with Crippen LogP contribution in [0.1, 0.15) is 81.4 Å². The van der Waals surface area contributed by atoms with Crippen LogP contribution in [0.15, 0.2) is 24.3 Å². The van der Waals surface area contributed by atoms with Gasteiger partial charge in [-0.05, 0) is 36.3 Å². The molecular formula is C17H26O. The summed E-state index contributed by atoms with van der Waals surface area (Å²) in [6.45, 7) is 2.22. The fourth-order valence-electron chi connectivity index (χ4n) is 2.66. The van der Waals surface area contributed by atoms with Gasteiger partial charge in [-0.3, -0.25) is 0 Å². The van der Waals surface area contributed by atoms with Crippen molar-refractivity contribution in [3.63, 3.8) is 0 Å². The van der Waals surface area contributed by atoms with E-state index in [1.54, 1.807) is 0 Å². The van der Waals surface area contributed by atoms with Gasteiger partial charge in [0.1, 0.15) is 0 Å². The van der Waals surface area contributed by atoms with Crippen molar-refractivity contribution in [3.8, 4) is 0 Å². The molecule has 1 atom stereocenters. The number of benzene rings is 1. The standard InChI is InChI=1S/C17H26O/c1-2-3-4-5-9-17(18)16-12-10-15(11-13-16)14-7-6-8-14/h10-14,17-18H,2-9H2,1H3. The lowest BCUT2D eigenvalue weighted by Gasteiger charge is -2.26. The van der Waals surface area contributed by atoms with Crippen molar-refractivity contribution in [1.82, 2.24) is 0 Å². The van der Waals surface area contributed by atoms with E-state index in [9.17, 15) is 5.11 Å². The van der Waals surface area contributed by atoms with Gasteiger partial charge in [0.25, 0.3) is 0 Å². The van der Waals surface area contributed by atoms with Crippen LogP contribution in [0.25, 0.3) is 0 Å². The predicted octanol–water partition coefficient (Wildman–Crippen LogP) is 4.96. The minimum absolute atomic E-state index is 0.266. The van der Waals surface area contributed by atoms with Gasteiger partial charge in [0.05, 0.1) is 6.10 Å². The highest BCUT2D eigenvalue weighted by Crippen LogP contribution is 2.36. The summed E-state index contributed by atoms with van der Waals surface area (Å²) in [5, 5.41) is 10.1. The molecule has 0 radical (unpaired) electrons. The molecule has 1 heteroatoms. The molecule has 1 aromatic rings. The molecule has 18 heavy (non-hydrogen) atoms. The summed E-state index contributed by atoms with van der Waals surface area (Å²) in [4.78, 5) is 0. The van der Waals surface area contributed by atoms with Crippen molar-refractivity contribution in [2.75, 3.05) is 0 Å².